The quantitative estimate of drug-likeness (QED) is 0.459. The molecular weight excluding hydrogens is 620 g/mol. The van der Waals surface area contributed by atoms with E-state index in [9.17, 15) is 0 Å². The molecule has 4 nitrogen and oxygen atoms in total. The molecule has 0 spiro atoms. The van der Waals surface area contributed by atoms with Crippen LogP contribution in [0.15, 0.2) is 57.5 Å². The molecule has 0 saturated carbocycles. The van der Waals surface area contributed by atoms with E-state index in [4.69, 9.17) is 16.5 Å². The third kappa shape index (κ3) is 5.83. The molecule has 2 aromatic carbocycles. The van der Waals surface area contributed by atoms with Crippen LogP contribution in [-0.4, -0.2) is 25.4 Å². The minimum atomic E-state index is -0.850. The van der Waals surface area contributed by atoms with Crippen molar-refractivity contribution in [1.82, 2.24) is 0 Å². The van der Waals surface area contributed by atoms with E-state index in [1.807, 2.05) is 48.5 Å². The van der Waals surface area contributed by atoms with Crippen LogP contribution in [0.4, 0.5) is 0 Å². The second-order valence-electron chi connectivity index (χ2n) is 5.22. The van der Waals surface area contributed by atoms with Crippen LogP contribution in [0.25, 0.3) is 0 Å². The van der Waals surface area contributed by atoms with Crippen molar-refractivity contribution < 1.29 is 34.9 Å². The Kier molecular flexibility index (Phi) is 7.13. The predicted octanol–water partition coefficient (Wildman–Crippen LogP) is 4.76. The maximum absolute atomic E-state index is 5.80. The second-order valence-corrected chi connectivity index (χ2v) is 8.58. The summed E-state index contributed by atoms with van der Waals surface area (Å²) in [7, 11) is 0. The summed E-state index contributed by atoms with van der Waals surface area (Å²) < 4.78 is 25.1. The van der Waals surface area contributed by atoms with E-state index >= 15 is 0 Å². The van der Waals surface area contributed by atoms with Crippen molar-refractivity contribution >= 4 is 31.9 Å². The zero-order chi connectivity index (χ0) is 16.8. The Morgan fingerprint density at radius 3 is 1.62 bits per heavy atom. The van der Waals surface area contributed by atoms with Crippen LogP contribution in [0.2, 0.25) is 0 Å². The monoisotopic (exact) mass is 635 g/mol. The summed E-state index contributed by atoms with van der Waals surface area (Å²) in [5, 5.41) is 0. The predicted molar refractivity (Wildman–Crippen MR) is 93.6 cm³/mol. The fraction of sp³-hybridized carbons (Fsp3) is 0.294. The van der Waals surface area contributed by atoms with Crippen LogP contribution in [-0.2, 0) is 25.4 Å². The zero-order valence-corrected chi connectivity index (χ0v) is 18.2. The van der Waals surface area contributed by atoms with Gasteiger partial charge in [-0.15, -0.1) is 0 Å². The Balaban J connectivity index is 1.43. The first-order valence-corrected chi connectivity index (χ1v) is 10.9. The van der Waals surface area contributed by atoms with Crippen LogP contribution in [0.5, 0.6) is 11.5 Å². The van der Waals surface area contributed by atoms with E-state index in [2.05, 4.69) is 31.9 Å². The van der Waals surface area contributed by atoms with Crippen molar-refractivity contribution in [3.05, 3.63) is 57.5 Å². The Labute approximate surface area is 166 Å². The van der Waals surface area contributed by atoms with Crippen LogP contribution >= 0.6 is 31.9 Å². The molecule has 7 heteroatoms. The van der Waals surface area contributed by atoms with Crippen molar-refractivity contribution in [2.45, 2.75) is 18.6 Å². The van der Waals surface area contributed by atoms with E-state index in [-0.39, 0.29) is 12.2 Å². The van der Waals surface area contributed by atoms with Crippen molar-refractivity contribution in [1.29, 1.82) is 0 Å². The summed E-state index contributed by atoms with van der Waals surface area (Å²) in [6.45, 7) is 1.06. The van der Waals surface area contributed by atoms with E-state index in [1.165, 1.54) is 0 Å². The molecule has 1 aliphatic heterocycles. The molecule has 2 atom stereocenters. The molecule has 2 unspecified atom stereocenters. The van der Waals surface area contributed by atoms with Crippen LogP contribution in [0, 0.1) is 0 Å². The van der Waals surface area contributed by atoms with Gasteiger partial charge in [-0.05, 0) is 0 Å². The van der Waals surface area contributed by atoms with Gasteiger partial charge in [0.1, 0.15) is 0 Å². The summed E-state index contributed by atoms with van der Waals surface area (Å²) >= 11 is 5.98. The molecule has 2 aromatic rings. The molecule has 3 rings (SSSR count). The van der Waals surface area contributed by atoms with Gasteiger partial charge in [0.05, 0.1) is 0 Å². The first kappa shape index (κ1) is 18.4. The first-order valence-electron chi connectivity index (χ1n) is 7.38. The third-order valence-electron chi connectivity index (χ3n) is 3.31. The topological polar surface area (TPSA) is 36.9 Å². The molecule has 1 fully saturated rings. The summed E-state index contributed by atoms with van der Waals surface area (Å²) in [6, 6.07) is 15.6. The number of rotatable bonds is 6. The summed E-state index contributed by atoms with van der Waals surface area (Å²) in [6.07, 6.45) is 0.887. The molecule has 1 saturated heterocycles. The molecule has 0 radical (unpaired) electrons. The molecule has 131 valence electrons. The SMILES string of the molecule is Brc1ccc(OCC2CC(COc3ccc(Br)cc3)[O][Ir][O]2)cc1. The average Bonchev–Trinajstić information content (AvgIpc) is 2.61. The van der Waals surface area contributed by atoms with Gasteiger partial charge >= 0.3 is 168 Å². The molecule has 0 bridgehead atoms. The Bertz CT molecular complexity index is 581. The number of hydrogen-bond acceptors (Lipinski definition) is 4. The second kappa shape index (κ2) is 9.32. The number of halogens is 2. The van der Waals surface area contributed by atoms with Crippen molar-refractivity contribution in [2.75, 3.05) is 13.2 Å². The molecule has 1 heterocycles. The summed E-state index contributed by atoms with van der Waals surface area (Å²) in [5.41, 5.74) is 0. The van der Waals surface area contributed by atoms with Gasteiger partial charge in [0.2, 0.25) is 0 Å². The molecule has 0 N–H and O–H groups in total. The summed E-state index contributed by atoms with van der Waals surface area (Å²) in [5.74, 6) is 1.69. The van der Waals surface area contributed by atoms with E-state index < -0.39 is 18.4 Å². The van der Waals surface area contributed by atoms with Gasteiger partial charge in [-0.25, -0.2) is 0 Å². The van der Waals surface area contributed by atoms with Gasteiger partial charge in [-0.1, -0.05) is 0 Å². The van der Waals surface area contributed by atoms with Gasteiger partial charge in [0.25, 0.3) is 0 Å². The van der Waals surface area contributed by atoms with Crippen molar-refractivity contribution in [3.63, 3.8) is 0 Å². The Hall–Kier alpha value is -0.431. The number of ether oxygens (including phenoxy) is 2. The number of hydrogen-bond donors (Lipinski definition) is 0. The molecule has 0 aromatic heterocycles. The Morgan fingerprint density at radius 1 is 0.792 bits per heavy atom. The minimum absolute atomic E-state index is 0.0564. The van der Waals surface area contributed by atoms with Crippen LogP contribution in [0.3, 0.4) is 0 Å². The maximum atomic E-state index is 5.80. The van der Waals surface area contributed by atoms with Crippen LogP contribution < -0.4 is 9.47 Å². The van der Waals surface area contributed by atoms with Gasteiger partial charge in [-0.3, -0.25) is 0 Å². The first-order chi connectivity index (χ1) is 11.7. The molecule has 1 aliphatic rings. The summed E-state index contributed by atoms with van der Waals surface area (Å²) in [4.78, 5) is 0. The van der Waals surface area contributed by atoms with Crippen molar-refractivity contribution in [3.8, 4) is 11.5 Å². The fourth-order valence-electron chi connectivity index (χ4n) is 2.09. The third-order valence-corrected chi connectivity index (χ3v) is 6.43. The normalized spacial score (nSPS) is 20.9. The molecule has 0 amide bonds. The van der Waals surface area contributed by atoms with E-state index in [0.29, 0.717) is 13.2 Å². The van der Waals surface area contributed by atoms with Crippen molar-refractivity contribution in [2.24, 2.45) is 0 Å². The Morgan fingerprint density at radius 2 is 1.21 bits per heavy atom. The average molecular weight is 636 g/mol. The molecular formula is C17H16Br2IrO4. The zero-order valence-electron chi connectivity index (χ0n) is 12.6. The van der Waals surface area contributed by atoms with Gasteiger partial charge < -0.3 is 0 Å². The molecule has 0 aliphatic carbocycles. The van der Waals surface area contributed by atoms with E-state index in [1.54, 1.807) is 0 Å². The van der Waals surface area contributed by atoms with Gasteiger partial charge in [0, 0.05) is 0 Å². The van der Waals surface area contributed by atoms with E-state index in [0.717, 1.165) is 26.9 Å². The molecule has 24 heavy (non-hydrogen) atoms. The van der Waals surface area contributed by atoms with Gasteiger partial charge in [0.15, 0.2) is 0 Å². The van der Waals surface area contributed by atoms with Crippen LogP contribution in [0.1, 0.15) is 6.42 Å². The fourth-order valence-corrected chi connectivity index (χ4v) is 4.19. The standard InChI is InChI=1S/C17H16Br2O4.Ir/c18-12-1-5-16(6-2-12)22-10-14(20)9-15(21)11-23-17-7-3-13(19)4-8-17;/h1-8,14-15H,9-11H2;/q-2;+2. The van der Waals surface area contributed by atoms with Gasteiger partial charge in [-0.2, -0.15) is 0 Å². The number of benzene rings is 2.